The van der Waals surface area contributed by atoms with Gasteiger partial charge in [0, 0.05) is 32.2 Å². The van der Waals surface area contributed by atoms with E-state index in [1.54, 1.807) is 32.4 Å². The first-order valence-electron chi connectivity index (χ1n) is 7.15. The molecule has 2 rings (SSSR count). The number of aromatic nitrogens is 2. The second-order valence-electron chi connectivity index (χ2n) is 4.85. The zero-order valence-electron chi connectivity index (χ0n) is 13.8. The maximum Gasteiger partial charge on any atom is 0.420 e. The van der Waals surface area contributed by atoms with E-state index in [4.69, 9.17) is 11.6 Å². The van der Waals surface area contributed by atoms with Crippen LogP contribution in [0.5, 0.6) is 0 Å². The minimum absolute atomic E-state index is 0.000490. The van der Waals surface area contributed by atoms with E-state index in [0.29, 0.717) is 25.0 Å². The maximum atomic E-state index is 12.6. The SMILES string of the molecule is C=CC[N+]1=CC=C(Nc2ncc(C(F)(F)F)c(Cl)n2)C=CC1.COC. The van der Waals surface area contributed by atoms with E-state index in [1.165, 1.54) is 0 Å². The molecule has 0 aromatic carbocycles. The van der Waals surface area contributed by atoms with Crippen molar-refractivity contribution in [2.45, 2.75) is 6.18 Å². The molecule has 1 N–H and O–H groups in total. The summed E-state index contributed by atoms with van der Waals surface area (Å²) >= 11 is 5.55. The summed E-state index contributed by atoms with van der Waals surface area (Å²) < 4.78 is 44.0. The topological polar surface area (TPSA) is 50.0 Å². The summed E-state index contributed by atoms with van der Waals surface area (Å²) in [5.74, 6) is -0.000490. The smallest absolute Gasteiger partial charge is 0.388 e. The van der Waals surface area contributed by atoms with Gasteiger partial charge in [-0.25, -0.2) is 14.5 Å². The largest absolute Gasteiger partial charge is 0.420 e. The number of allylic oxidation sites excluding steroid dienone is 2. The van der Waals surface area contributed by atoms with Crippen molar-refractivity contribution in [2.75, 3.05) is 32.6 Å². The van der Waals surface area contributed by atoms with Crippen molar-refractivity contribution < 1.29 is 22.5 Å². The Hall–Kier alpha value is -2.19. The Kier molecular flexibility index (Phi) is 8.30. The molecule has 136 valence electrons. The summed E-state index contributed by atoms with van der Waals surface area (Å²) in [7, 11) is 3.25. The standard InChI is InChI=1S/C14H12ClF3N4.C2H6O/c1-2-6-22-7-3-4-10(5-8-22)20-13-19-9-11(12(15)21-13)14(16,17)18;1-3-2/h2-5,8-9H,1,6-7H2;1-2H3/p+1. The number of nitrogens with zero attached hydrogens (tertiary/aromatic N) is 3. The Morgan fingerprint density at radius 1 is 1.44 bits per heavy atom. The Labute approximate surface area is 149 Å². The van der Waals surface area contributed by atoms with Gasteiger partial charge in [0.1, 0.15) is 10.7 Å². The first-order chi connectivity index (χ1) is 11.8. The lowest BCUT2D eigenvalue weighted by molar-refractivity contribution is -0.501. The van der Waals surface area contributed by atoms with E-state index in [-0.39, 0.29) is 5.95 Å². The van der Waals surface area contributed by atoms with Crippen LogP contribution in [0.3, 0.4) is 0 Å². The van der Waals surface area contributed by atoms with Crippen molar-refractivity contribution in [1.29, 1.82) is 0 Å². The molecule has 0 saturated heterocycles. The third kappa shape index (κ3) is 7.06. The highest BCUT2D eigenvalue weighted by Crippen LogP contribution is 2.33. The first kappa shape index (κ1) is 20.9. The van der Waals surface area contributed by atoms with Crippen LogP contribution in [0.2, 0.25) is 5.15 Å². The molecule has 25 heavy (non-hydrogen) atoms. The average molecular weight is 376 g/mol. The lowest BCUT2D eigenvalue weighted by Crippen LogP contribution is -2.11. The number of hydrogen-bond acceptors (Lipinski definition) is 4. The Bertz CT molecular complexity index is 684. The lowest BCUT2D eigenvalue weighted by atomic mass is 10.3. The molecule has 0 spiro atoms. The van der Waals surface area contributed by atoms with E-state index < -0.39 is 16.9 Å². The van der Waals surface area contributed by atoms with E-state index in [9.17, 15) is 13.2 Å². The van der Waals surface area contributed by atoms with Crippen molar-refractivity contribution in [3.8, 4) is 0 Å². The highest BCUT2D eigenvalue weighted by Gasteiger charge is 2.34. The van der Waals surface area contributed by atoms with Crippen LogP contribution >= 0.6 is 11.6 Å². The van der Waals surface area contributed by atoms with Crippen molar-refractivity contribution in [2.24, 2.45) is 0 Å². The highest BCUT2D eigenvalue weighted by molar-refractivity contribution is 6.30. The van der Waals surface area contributed by atoms with Gasteiger partial charge in [0.2, 0.25) is 5.95 Å². The summed E-state index contributed by atoms with van der Waals surface area (Å²) in [6.07, 6.45) is 5.15. The van der Waals surface area contributed by atoms with Crippen LogP contribution in [0.15, 0.2) is 42.8 Å². The van der Waals surface area contributed by atoms with Crippen LogP contribution in [-0.2, 0) is 10.9 Å². The van der Waals surface area contributed by atoms with E-state index in [1.807, 2.05) is 16.9 Å². The van der Waals surface area contributed by atoms with Crippen molar-refractivity contribution in [3.05, 3.63) is 53.5 Å². The third-order valence-corrected chi connectivity index (χ3v) is 3.06. The summed E-state index contributed by atoms with van der Waals surface area (Å²) in [6, 6.07) is 0. The first-order valence-corrected chi connectivity index (χ1v) is 7.53. The molecule has 1 aliphatic rings. The monoisotopic (exact) mass is 375 g/mol. The zero-order valence-corrected chi connectivity index (χ0v) is 14.6. The summed E-state index contributed by atoms with van der Waals surface area (Å²) in [6.45, 7) is 5.05. The number of alkyl halides is 3. The molecule has 0 atom stereocenters. The predicted octanol–water partition coefficient (Wildman–Crippen LogP) is 3.55. The quantitative estimate of drug-likeness (QED) is 0.497. The van der Waals surface area contributed by atoms with Gasteiger partial charge >= 0.3 is 6.18 Å². The van der Waals surface area contributed by atoms with Crippen LogP contribution in [0, 0.1) is 0 Å². The van der Waals surface area contributed by atoms with E-state index in [2.05, 4.69) is 26.6 Å². The van der Waals surface area contributed by atoms with Crippen LogP contribution in [0.1, 0.15) is 5.56 Å². The van der Waals surface area contributed by atoms with Crippen LogP contribution in [-0.4, -0.2) is 48.1 Å². The van der Waals surface area contributed by atoms with Crippen molar-refractivity contribution >= 4 is 23.8 Å². The molecular weight excluding hydrogens is 357 g/mol. The van der Waals surface area contributed by atoms with E-state index in [0.717, 1.165) is 0 Å². The van der Waals surface area contributed by atoms with Gasteiger partial charge in [-0.2, -0.15) is 13.2 Å². The molecule has 0 fully saturated rings. The average Bonchev–Trinajstić information content (AvgIpc) is 2.73. The van der Waals surface area contributed by atoms with Gasteiger partial charge in [-0.1, -0.05) is 18.2 Å². The normalized spacial score (nSPS) is 13.8. The molecule has 0 unspecified atom stereocenters. The predicted molar refractivity (Wildman–Crippen MR) is 92.1 cm³/mol. The fourth-order valence-corrected chi connectivity index (χ4v) is 1.98. The molecule has 0 radical (unpaired) electrons. The van der Waals surface area contributed by atoms with Gasteiger partial charge in [-0.3, -0.25) is 0 Å². The Morgan fingerprint density at radius 3 is 2.68 bits per heavy atom. The van der Waals surface area contributed by atoms with Gasteiger partial charge in [0.25, 0.3) is 0 Å². The fraction of sp³-hybridized carbons (Fsp3) is 0.312. The number of anilines is 1. The van der Waals surface area contributed by atoms with Crippen LogP contribution in [0.25, 0.3) is 0 Å². The lowest BCUT2D eigenvalue weighted by Gasteiger charge is -2.09. The van der Waals surface area contributed by atoms with Crippen LogP contribution < -0.4 is 5.32 Å². The van der Waals surface area contributed by atoms with E-state index >= 15 is 0 Å². The second-order valence-corrected chi connectivity index (χ2v) is 5.20. The molecule has 2 heterocycles. The minimum atomic E-state index is -4.57. The van der Waals surface area contributed by atoms with Crippen LogP contribution in [0.4, 0.5) is 19.1 Å². The molecule has 0 aliphatic carbocycles. The molecule has 1 aromatic rings. The highest BCUT2D eigenvalue weighted by atomic mass is 35.5. The summed E-state index contributed by atoms with van der Waals surface area (Å²) in [5.41, 5.74) is -0.420. The Morgan fingerprint density at radius 2 is 2.12 bits per heavy atom. The molecule has 5 nitrogen and oxygen atoms in total. The van der Waals surface area contributed by atoms with Gasteiger partial charge in [-0.05, 0) is 18.2 Å². The number of rotatable bonds is 4. The molecule has 9 heteroatoms. The number of nitrogens with one attached hydrogen (secondary N) is 1. The number of hydrogen-bond donors (Lipinski definition) is 1. The molecule has 0 saturated carbocycles. The summed E-state index contributed by atoms with van der Waals surface area (Å²) in [5, 5.41) is 2.18. The van der Waals surface area contributed by atoms with Gasteiger partial charge in [-0.15, -0.1) is 0 Å². The van der Waals surface area contributed by atoms with Gasteiger partial charge in [0.15, 0.2) is 19.3 Å². The van der Waals surface area contributed by atoms with Gasteiger partial charge in [0.05, 0.1) is 0 Å². The number of ether oxygens (including phenoxy) is 1. The maximum absolute atomic E-state index is 12.6. The van der Waals surface area contributed by atoms with Crippen molar-refractivity contribution in [3.63, 3.8) is 0 Å². The molecule has 0 bridgehead atoms. The zero-order chi connectivity index (χ0) is 18.9. The number of methoxy groups -OCH3 is 1. The Balaban J connectivity index is 0.000000970. The molecule has 0 amide bonds. The molecular formula is C16H19ClF3N4O+. The molecule has 1 aliphatic heterocycles. The second kappa shape index (κ2) is 9.95. The minimum Gasteiger partial charge on any atom is -0.388 e. The molecule has 1 aromatic heterocycles. The third-order valence-electron chi connectivity index (χ3n) is 2.77. The van der Waals surface area contributed by atoms with Crippen molar-refractivity contribution in [1.82, 2.24) is 9.97 Å². The fourth-order valence-electron chi connectivity index (χ4n) is 1.74. The van der Waals surface area contributed by atoms with Gasteiger partial charge < -0.3 is 10.1 Å². The summed E-state index contributed by atoms with van der Waals surface area (Å²) in [4.78, 5) is 7.27. The number of halogens is 4.